The van der Waals surface area contributed by atoms with Crippen molar-refractivity contribution in [3.63, 3.8) is 0 Å². The van der Waals surface area contributed by atoms with Gasteiger partial charge in [0.25, 0.3) is 5.91 Å². The molecule has 4 heteroatoms. The van der Waals surface area contributed by atoms with Crippen molar-refractivity contribution >= 4 is 11.6 Å². The highest BCUT2D eigenvalue weighted by Gasteiger charge is 2.09. The molecule has 0 saturated heterocycles. The number of aromatic hydroxyl groups is 1. The lowest BCUT2D eigenvalue weighted by atomic mass is 10.1. The summed E-state index contributed by atoms with van der Waals surface area (Å²) in [6.45, 7) is 2.23. The number of hydrogen-bond donors (Lipinski definition) is 3. The largest absolute Gasteiger partial charge is 0.508 e. The second-order valence-corrected chi connectivity index (χ2v) is 4.37. The molecule has 0 aliphatic heterocycles. The van der Waals surface area contributed by atoms with Crippen LogP contribution in [0.3, 0.4) is 0 Å². The molecular formula is C15H16N2O2. The molecule has 4 nitrogen and oxygen atoms in total. The number of phenols is 1. The highest BCUT2D eigenvalue weighted by molar-refractivity contribution is 5.96. The van der Waals surface area contributed by atoms with Gasteiger partial charge < -0.3 is 16.2 Å². The van der Waals surface area contributed by atoms with Gasteiger partial charge in [-0.3, -0.25) is 4.79 Å². The van der Waals surface area contributed by atoms with E-state index in [1.54, 1.807) is 42.5 Å². The third-order valence-electron chi connectivity index (χ3n) is 3.01. The molecule has 0 atom stereocenters. The predicted molar refractivity (Wildman–Crippen MR) is 74.9 cm³/mol. The molecular weight excluding hydrogens is 240 g/mol. The van der Waals surface area contributed by atoms with E-state index in [0.29, 0.717) is 17.8 Å². The average molecular weight is 256 g/mol. The third-order valence-corrected chi connectivity index (χ3v) is 3.01. The van der Waals surface area contributed by atoms with Crippen LogP contribution >= 0.6 is 0 Å². The monoisotopic (exact) mass is 256 g/mol. The molecule has 2 aromatic carbocycles. The van der Waals surface area contributed by atoms with Gasteiger partial charge in [-0.25, -0.2) is 0 Å². The molecule has 98 valence electrons. The molecule has 2 rings (SSSR count). The Bertz CT molecular complexity index is 592. The SMILES string of the molecule is Cc1c(N)cccc1C(=O)NCc1ccc(O)cc1. The van der Waals surface area contributed by atoms with Gasteiger partial charge in [-0.1, -0.05) is 18.2 Å². The minimum absolute atomic E-state index is 0.155. The minimum Gasteiger partial charge on any atom is -0.508 e. The Labute approximate surface area is 111 Å². The zero-order valence-corrected chi connectivity index (χ0v) is 10.7. The molecule has 1 amide bonds. The molecule has 0 radical (unpaired) electrons. The van der Waals surface area contributed by atoms with Crippen molar-refractivity contribution in [3.8, 4) is 5.75 Å². The van der Waals surface area contributed by atoms with E-state index in [4.69, 9.17) is 5.73 Å². The molecule has 0 saturated carbocycles. The van der Waals surface area contributed by atoms with E-state index in [0.717, 1.165) is 11.1 Å². The first-order valence-corrected chi connectivity index (χ1v) is 5.99. The Hall–Kier alpha value is -2.49. The highest BCUT2D eigenvalue weighted by atomic mass is 16.3. The topological polar surface area (TPSA) is 75.4 Å². The van der Waals surface area contributed by atoms with Gasteiger partial charge in [-0.2, -0.15) is 0 Å². The molecule has 0 spiro atoms. The minimum atomic E-state index is -0.155. The maximum atomic E-state index is 12.0. The number of amides is 1. The average Bonchev–Trinajstić information content (AvgIpc) is 2.41. The second-order valence-electron chi connectivity index (χ2n) is 4.37. The van der Waals surface area contributed by atoms with Gasteiger partial charge >= 0.3 is 0 Å². The van der Waals surface area contributed by atoms with Gasteiger partial charge in [0.1, 0.15) is 5.75 Å². The fraction of sp³-hybridized carbons (Fsp3) is 0.133. The van der Waals surface area contributed by atoms with Crippen molar-refractivity contribution in [1.29, 1.82) is 0 Å². The molecule has 0 aliphatic carbocycles. The summed E-state index contributed by atoms with van der Waals surface area (Å²) in [6, 6.07) is 12.0. The van der Waals surface area contributed by atoms with Crippen molar-refractivity contribution in [2.45, 2.75) is 13.5 Å². The number of hydrogen-bond acceptors (Lipinski definition) is 3. The van der Waals surface area contributed by atoms with Gasteiger partial charge in [-0.05, 0) is 42.3 Å². The number of anilines is 1. The van der Waals surface area contributed by atoms with Gasteiger partial charge in [0.05, 0.1) is 0 Å². The summed E-state index contributed by atoms with van der Waals surface area (Å²) in [5.74, 6) is 0.0552. The lowest BCUT2D eigenvalue weighted by molar-refractivity contribution is 0.0950. The van der Waals surface area contributed by atoms with Crippen LogP contribution in [0.2, 0.25) is 0 Å². The third kappa shape index (κ3) is 3.04. The van der Waals surface area contributed by atoms with Gasteiger partial charge in [0, 0.05) is 17.8 Å². The lowest BCUT2D eigenvalue weighted by Crippen LogP contribution is -2.23. The molecule has 0 bridgehead atoms. The first kappa shape index (κ1) is 13.0. The predicted octanol–water partition coefficient (Wildman–Crippen LogP) is 2.21. The van der Waals surface area contributed by atoms with E-state index in [-0.39, 0.29) is 11.7 Å². The van der Waals surface area contributed by atoms with Crippen LogP contribution in [0.5, 0.6) is 5.75 Å². The number of benzene rings is 2. The zero-order valence-electron chi connectivity index (χ0n) is 10.7. The normalized spacial score (nSPS) is 10.2. The summed E-state index contributed by atoms with van der Waals surface area (Å²) in [5, 5.41) is 12.0. The van der Waals surface area contributed by atoms with Crippen LogP contribution < -0.4 is 11.1 Å². The number of carbonyl (C=O) groups excluding carboxylic acids is 1. The summed E-state index contributed by atoms with van der Waals surface area (Å²) in [4.78, 5) is 12.0. The Morgan fingerprint density at radius 1 is 1.21 bits per heavy atom. The molecule has 19 heavy (non-hydrogen) atoms. The van der Waals surface area contributed by atoms with E-state index < -0.39 is 0 Å². The van der Waals surface area contributed by atoms with Crippen LogP contribution in [-0.4, -0.2) is 11.0 Å². The summed E-state index contributed by atoms with van der Waals surface area (Å²) >= 11 is 0. The number of nitrogen functional groups attached to an aromatic ring is 1. The molecule has 0 fully saturated rings. The molecule has 2 aromatic rings. The van der Waals surface area contributed by atoms with Crippen LogP contribution in [0.4, 0.5) is 5.69 Å². The lowest BCUT2D eigenvalue weighted by Gasteiger charge is -2.09. The molecule has 0 unspecified atom stereocenters. The number of phenolic OH excluding ortho intramolecular Hbond substituents is 1. The number of nitrogens with two attached hydrogens (primary N) is 1. The smallest absolute Gasteiger partial charge is 0.251 e. The zero-order chi connectivity index (χ0) is 13.8. The Morgan fingerprint density at radius 2 is 1.89 bits per heavy atom. The fourth-order valence-electron chi connectivity index (χ4n) is 1.79. The van der Waals surface area contributed by atoms with Gasteiger partial charge in [-0.15, -0.1) is 0 Å². The first-order chi connectivity index (χ1) is 9.08. The van der Waals surface area contributed by atoms with E-state index >= 15 is 0 Å². The Balaban J connectivity index is 2.05. The summed E-state index contributed by atoms with van der Waals surface area (Å²) in [6.07, 6.45) is 0. The Kier molecular flexibility index (Phi) is 3.71. The van der Waals surface area contributed by atoms with E-state index in [2.05, 4.69) is 5.32 Å². The van der Waals surface area contributed by atoms with Gasteiger partial charge in [0.15, 0.2) is 0 Å². The maximum Gasteiger partial charge on any atom is 0.251 e. The van der Waals surface area contributed by atoms with Crippen molar-refractivity contribution in [2.75, 3.05) is 5.73 Å². The van der Waals surface area contributed by atoms with Crippen LogP contribution in [0.1, 0.15) is 21.5 Å². The summed E-state index contributed by atoms with van der Waals surface area (Å²) in [5.41, 5.74) is 8.67. The van der Waals surface area contributed by atoms with Crippen molar-refractivity contribution in [2.24, 2.45) is 0 Å². The Morgan fingerprint density at radius 3 is 2.58 bits per heavy atom. The standard InChI is InChI=1S/C15H16N2O2/c1-10-13(3-2-4-14(10)16)15(19)17-9-11-5-7-12(18)8-6-11/h2-8,18H,9,16H2,1H3,(H,17,19). The van der Waals surface area contributed by atoms with Crippen molar-refractivity contribution < 1.29 is 9.90 Å². The number of nitrogens with one attached hydrogen (secondary N) is 1. The van der Waals surface area contributed by atoms with E-state index in [1.165, 1.54) is 0 Å². The van der Waals surface area contributed by atoms with Crippen LogP contribution in [-0.2, 0) is 6.54 Å². The van der Waals surface area contributed by atoms with E-state index in [9.17, 15) is 9.90 Å². The number of carbonyl (C=O) groups is 1. The van der Waals surface area contributed by atoms with Crippen LogP contribution in [0.15, 0.2) is 42.5 Å². The van der Waals surface area contributed by atoms with E-state index in [1.807, 2.05) is 6.92 Å². The van der Waals surface area contributed by atoms with Crippen LogP contribution in [0.25, 0.3) is 0 Å². The molecule has 0 heterocycles. The van der Waals surface area contributed by atoms with Crippen molar-refractivity contribution in [1.82, 2.24) is 5.32 Å². The molecule has 0 aliphatic rings. The van der Waals surface area contributed by atoms with Crippen LogP contribution in [0, 0.1) is 6.92 Å². The first-order valence-electron chi connectivity index (χ1n) is 5.99. The second kappa shape index (κ2) is 5.44. The quantitative estimate of drug-likeness (QED) is 0.737. The molecule has 4 N–H and O–H groups in total. The maximum absolute atomic E-state index is 12.0. The highest BCUT2D eigenvalue weighted by Crippen LogP contribution is 2.15. The number of rotatable bonds is 3. The van der Waals surface area contributed by atoms with Crippen molar-refractivity contribution in [3.05, 3.63) is 59.2 Å². The summed E-state index contributed by atoms with van der Waals surface area (Å²) < 4.78 is 0. The van der Waals surface area contributed by atoms with Gasteiger partial charge in [0.2, 0.25) is 0 Å². The fourth-order valence-corrected chi connectivity index (χ4v) is 1.79. The summed E-state index contributed by atoms with van der Waals surface area (Å²) in [7, 11) is 0. The molecule has 0 aromatic heterocycles.